The molecule has 1 amide bonds. The van der Waals surface area contributed by atoms with Gasteiger partial charge in [0, 0.05) is 50.3 Å². The number of likely N-dealkylation sites (tertiary alicyclic amines) is 1. The smallest absolute Gasteiger partial charge is 0.222 e. The molecule has 3 heterocycles. The summed E-state index contributed by atoms with van der Waals surface area (Å²) in [6.45, 7) is 4.28. The highest BCUT2D eigenvalue weighted by Gasteiger charge is 2.43. The van der Waals surface area contributed by atoms with Crippen LogP contribution in [0.2, 0.25) is 0 Å². The zero-order valence-corrected chi connectivity index (χ0v) is 12.6. The molecule has 0 aromatic carbocycles. The fourth-order valence-corrected chi connectivity index (χ4v) is 3.43. The normalized spacial score (nSPS) is 21.1. The van der Waals surface area contributed by atoms with Crippen LogP contribution in [-0.4, -0.2) is 48.3 Å². The van der Waals surface area contributed by atoms with Gasteiger partial charge in [-0.3, -0.25) is 9.59 Å². The number of anilines is 1. The van der Waals surface area contributed by atoms with E-state index >= 15 is 0 Å². The second-order valence-corrected chi connectivity index (χ2v) is 6.37. The van der Waals surface area contributed by atoms with Gasteiger partial charge in [0.15, 0.2) is 5.78 Å². The van der Waals surface area contributed by atoms with Crippen LogP contribution in [0.3, 0.4) is 0 Å². The Morgan fingerprint density at radius 3 is 2.48 bits per heavy atom. The minimum Gasteiger partial charge on any atom is -0.357 e. The predicted molar refractivity (Wildman–Crippen MR) is 80.4 cm³/mol. The van der Waals surface area contributed by atoms with Crippen LogP contribution in [0.4, 0.5) is 5.82 Å². The van der Waals surface area contributed by atoms with Crippen molar-refractivity contribution in [3.8, 4) is 0 Å². The first kappa shape index (κ1) is 14.0. The van der Waals surface area contributed by atoms with Gasteiger partial charge >= 0.3 is 0 Å². The van der Waals surface area contributed by atoms with Crippen LogP contribution >= 0.6 is 0 Å². The number of amides is 1. The molecule has 1 aromatic heterocycles. The van der Waals surface area contributed by atoms with Crippen LogP contribution in [0.5, 0.6) is 0 Å². The fraction of sp³-hybridized carbons (Fsp3) is 0.562. The van der Waals surface area contributed by atoms with Gasteiger partial charge in [-0.25, -0.2) is 4.98 Å². The van der Waals surface area contributed by atoms with E-state index in [1.807, 2.05) is 24.1 Å². The Bertz CT molecular complexity index is 559. The molecule has 0 unspecified atom stereocenters. The molecule has 5 heteroatoms. The molecule has 112 valence electrons. The van der Waals surface area contributed by atoms with Crippen LogP contribution in [-0.2, 0) is 4.79 Å². The maximum Gasteiger partial charge on any atom is 0.222 e. The highest BCUT2D eigenvalue weighted by atomic mass is 16.2. The van der Waals surface area contributed by atoms with Crippen LogP contribution in [0.1, 0.15) is 36.5 Å². The second-order valence-electron chi connectivity index (χ2n) is 6.37. The first-order valence-corrected chi connectivity index (χ1v) is 7.45. The Labute approximate surface area is 124 Å². The summed E-state index contributed by atoms with van der Waals surface area (Å²) >= 11 is 0. The van der Waals surface area contributed by atoms with Crippen molar-refractivity contribution in [3.63, 3.8) is 0 Å². The Morgan fingerprint density at radius 2 is 2.00 bits per heavy atom. The molecule has 1 spiro atoms. The quantitative estimate of drug-likeness (QED) is 0.777. The van der Waals surface area contributed by atoms with Crippen LogP contribution < -0.4 is 4.90 Å². The van der Waals surface area contributed by atoms with Crippen LogP contribution in [0, 0.1) is 5.41 Å². The van der Waals surface area contributed by atoms with Crippen molar-refractivity contribution >= 4 is 17.5 Å². The van der Waals surface area contributed by atoms with Gasteiger partial charge in [-0.2, -0.15) is 0 Å². The minimum atomic E-state index is 0.0409. The van der Waals surface area contributed by atoms with E-state index in [4.69, 9.17) is 0 Å². The van der Waals surface area contributed by atoms with Gasteiger partial charge in [0.25, 0.3) is 0 Å². The van der Waals surface area contributed by atoms with Crippen molar-refractivity contribution < 1.29 is 9.59 Å². The number of pyridine rings is 1. The van der Waals surface area contributed by atoms with Gasteiger partial charge in [-0.15, -0.1) is 0 Å². The zero-order valence-electron chi connectivity index (χ0n) is 12.6. The summed E-state index contributed by atoms with van der Waals surface area (Å²) in [7, 11) is 1.89. The zero-order chi connectivity index (χ0) is 15.0. The largest absolute Gasteiger partial charge is 0.357 e. The Morgan fingerprint density at radius 1 is 1.29 bits per heavy atom. The van der Waals surface area contributed by atoms with Gasteiger partial charge in [0.1, 0.15) is 5.82 Å². The lowest BCUT2D eigenvalue weighted by atomic mass is 9.77. The first-order valence-electron chi connectivity index (χ1n) is 7.45. The molecule has 0 aliphatic carbocycles. The second kappa shape index (κ2) is 5.13. The molecule has 3 rings (SSSR count). The van der Waals surface area contributed by atoms with E-state index in [2.05, 4.69) is 9.88 Å². The van der Waals surface area contributed by atoms with E-state index in [1.54, 1.807) is 13.1 Å². The lowest BCUT2D eigenvalue weighted by molar-refractivity contribution is -0.126. The van der Waals surface area contributed by atoms with Gasteiger partial charge in [-0.05, 0) is 31.9 Å². The Hall–Kier alpha value is -1.91. The molecule has 2 saturated heterocycles. The lowest BCUT2D eigenvalue weighted by Gasteiger charge is -2.39. The Balaban J connectivity index is 1.66. The van der Waals surface area contributed by atoms with Gasteiger partial charge in [0.05, 0.1) is 0 Å². The predicted octanol–water partition coefficient (Wildman–Crippen LogP) is 1.73. The minimum absolute atomic E-state index is 0.0409. The maximum atomic E-state index is 11.8. The summed E-state index contributed by atoms with van der Waals surface area (Å²) in [6, 6.07) is 3.75. The third kappa shape index (κ3) is 2.64. The Kier molecular flexibility index (Phi) is 3.43. The number of carbonyl (C=O) groups is 2. The molecule has 5 nitrogen and oxygen atoms in total. The molecule has 2 aliphatic heterocycles. The number of carbonyl (C=O) groups excluding carboxylic acids is 2. The summed E-state index contributed by atoms with van der Waals surface area (Å²) in [5.41, 5.74) is 0.817. The van der Waals surface area contributed by atoms with E-state index in [-0.39, 0.29) is 17.1 Å². The highest BCUT2D eigenvalue weighted by molar-refractivity contribution is 5.93. The average molecular weight is 287 g/mol. The molecule has 0 saturated carbocycles. The average Bonchev–Trinajstić information content (AvgIpc) is 2.74. The monoisotopic (exact) mass is 287 g/mol. The molecule has 1 aromatic rings. The number of hydrogen-bond donors (Lipinski definition) is 0. The third-order valence-electron chi connectivity index (χ3n) is 4.83. The summed E-state index contributed by atoms with van der Waals surface area (Å²) in [5.74, 6) is 1.24. The molecule has 0 N–H and O–H groups in total. The number of ketones is 1. The molecule has 0 atom stereocenters. The summed E-state index contributed by atoms with van der Waals surface area (Å²) in [5, 5.41) is 0. The van der Waals surface area contributed by atoms with Gasteiger partial charge < -0.3 is 9.80 Å². The van der Waals surface area contributed by atoms with Crippen LogP contribution in [0.25, 0.3) is 0 Å². The lowest BCUT2D eigenvalue weighted by Crippen LogP contribution is -2.41. The maximum absolute atomic E-state index is 11.8. The number of hydrogen-bond acceptors (Lipinski definition) is 4. The van der Waals surface area contributed by atoms with Gasteiger partial charge in [0.2, 0.25) is 5.91 Å². The summed E-state index contributed by atoms with van der Waals surface area (Å²) in [6.07, 6.45) is 4.39. The molecule has 2 fully saturated rings. The molecular weight excluding hydrogens is 266 g/mol. The van der Waals surface area contributed by atoms with Crippen molar-refractivity contribution in [1.29, 1.82) is 0 Å². The number of nitrogens with zero attached hydrogens (tertiary/aromatic N) is 3. The third-order valence-corrected chi connectivity index (χ3v) is 4.83. The molecule has 21 heavy (non-hydrogen) atoms. The molecule has 0 bridgehead atoms. The number of rotatable bonds is 2. The molecule has 2 aliphatic rings. The summed E-state index contributed by atoms with van der Waals surface area (Å²) < 4.78 is 0. The summed E-state index contributed by atoms with van der Waals surface area (Å²) in [4.78, 5) is 31.5. The molecule has 0 radical (unpaired) electrons. The van der Waals surface area contributed by atoms with E-state index in [1.165, 1.54) is 0 Å². The number of Topliss-reactive ketones (excluding diaryl/α,β-unsaturated/α-hetero) is 1. The van der Waals surface area contributed by atoms with E-state index in [0.717, 1.165) is 38.3 Å². The highest BCUT2D eigenvalue weighted by Crippen LogP contribution is 2.41. The van der Waals surface area contributed by atoms with Gasteiger partial charge in [-0.1, -0.05) is 0 Å². The first-order chi connectivity index (χ1) is 9.99. The SMILES string of the molecule is CC(=O)c1ccc(N2CCC3(CC2)CC(=O)N(C)C3)nc1. The van der Waals surface area contributed by atoms with E-state index in [0.29, 0.717) is 12.0 Å². The van der Waals surface area contributed by atoms with Crippen molar-refractivity contribution in [1.82, 2.24) is 9.88 Å². The van der Waals surface area contributed by atoms with Crippen molar-refractivity contribution in [3.05, 3.63) is 23.9 Å². The number of aromatic nitrogens is 1. The van der Waals surface area contributed by atoms with Crippen molar-refractivity contribution in [2.45, 2.75) is 26.2 Å². The topological polar surface area (TPSA) is 53.5 Å². The fourth-order valence-electron chi connectivity index (χ4n) is 3.43. The van der Waals surface area contributed by atoms with Crippen molar-refractivity contribution in [2.24, 2.45) is 5.41 Å². The standard InChI is InChI=1S/C16H21N3O2/c1-12(20)13-3-4-14(17-10-13)19-7-5-16(6-8-19)9-15(21)18(2)11-16/h3-4,10H,5-9,11H2,1-2H3. The van der Waals surface area contributed by atoms with Crippen molar-refractivity contribution in [2.75, 3.05) is 31.6 Å². The molecular formula is C16H21N3O2. The van der Waals surface area contributed by atoms with E-state index in [9.17, 15) is 9.59 Å². The van der Waals surface area contributed by atoms with Crippen LogP contribution in [0.15, 0.2) is 18.3 Å². The van der Waals surface area contributed by atoms with E-state index < -0.39 is 0 Å². The number of piperidine rings is 1.